The zero-order chi connectivity index (χ0) is 11.1. The highest BCUT2D eigenvalue weighted by atomic mass is 16.5. The van der Waals surface area contributed by atoms with E-state index in [-0.39, 0.29) is 5.91 Å². The normalized spacial score (nSPS) is 26.5. The molecule has 15 heavy (non-hydrogen) atoms. The van der Waals surface area contributed by atoms with E-state index in [1.165, 1.54) is 19.3 Å². The fourth-order valence-corrected chi connectivity index (χ4v) is 2.11. The Balaban J connectivity index is 2.07. The minimum atomic E-state index is -0.213. The molecule has 2 atom stereocenters. The number of amides is 1. The van der Waals surface area contributed by atoms with Crippen molar-refractivity contribution in [3.05, 3.63) is 0 Å². The van der Waals surface area contributed by atoms with Crippen molar-refractivity contribution in [1.82, 2.24) is 5.32 Å². The van der Waals surface area contributed by atoms with Crippen molar-refractivity contribution in [3.8, 4) is 0 Å². The van der Waals surface area contributed by atoms with Crippen LogP contribution in [-0.4, -0.2) is 31.7 Å². The summed E-state index contributed by atoms with van der Waals surface area (Å²) in [7, 11) is 1.78. The molecule has 3 N–H and O–H groups in total. The number of carbonyl (C=O) groups excluding carboxylic acids is 1. The first-order valence-corrected chi connectivity index (χ1v) is 5.77. The molecule has 0 saturated heterocycles. The summed E-state index contributed by atoms with van der Waals surface area (Å²) < 4.78 is 5.35. The van der Waals surface area contributed by atoms with Crippen molar-refractivity contribution < 1.29 is 9.53 Å². The van der Waals surface area contributed by atoms with Gasteiger partial charge in [0.05, 0.1) is 6.10 Å². The Hall–Kier alpha value is -0.610. The third kappa shape index (κ3) is 5.14. The van der Waals surface area contributed by atoms with Crippen LogP contribution in [0.2, 0.25) is 0 Å². The van der Waals surface area contributed by atoms with Crippen molar-refractivity contribution in [2.45, 2.75) is 50.7 Å². The number of ether oxygens (including phenoxy) is 1. The van der Waals surface area contributed by atoms with Gasteiger partial charge in [0.25, 0.3) is 0 Å². The highest BCUT2D eigenvalue weighted by molar-refractivity contribution is 5.73. The van der Waals surface area contributed by atoms with Gasteiger partial charge in [0.15, 0.2) is 0 Å². The SMILES string of the molecule is COC1CCCC(NCCCC(N)=O)C1. The summed E-state index contributed by atoms with van der Waals surface area (Å²) in [6.45, 7) is 0.879. The number of hydrogen-bond donors (Lipinski definition) is 2. The van der Waals surface area contributed by atoms with E-state index in [0.29, 0.717) is 18.6 Å². The van der Waals surface area contributed by atoms with Gasteiger partial charge in [-0.3, -0.25) is 4.79 Å². The first-order valence-electron chi connectivity index (χ1n) is 5.77. The van der Waals surface area contributed by atoms with Crippen LogP contribution in [0.4, 0.5) is 0 Å². The van der Waals surface area contributed by atoms with Gasteiger partial charge in [-0.1, -0.05) is 0 Å². The van der Waals surface area contributed by atoms with Gasteiger partial charge in [0, 0.05) is 19.6 Å². The lowest BCUT2D eigenvalue weighted by Gasteiger charge is -2.28. The molecule has 0 bridgehead atoms. The van der Waals surface area contributed by atoms with Crippen LogP contribution in [0.15, 0.2) is 0 Å². The highest BCUT2D eigenvalue weighted by Crippen LogP contribution is 2.20. The Morgan fingerprint density at radius 2 is 2.33 bits per heavy atom. The molecule has 1 aliphatic carbocycles. The Kier molecular flexibility index (Phi) is 5.65. The molecule has 4 heteroatoms. The maximum atomic E-state index is 10.5. The summed E-state index contributed by atoms with van der Waals surface area (Å²) in [5.41, 5.74) is 5.07. The standard InChI is InChI=1S/C11H22N2O2/c1-15-10-5-2-4-9(8-10)13-7-3-6-11(12)14/h9-10,13H,2-8H2,1H3,(H2,12,14). The van der Waals surface area contributed by atoms with E-state index in [2.05, 4.69) is 5.32 Å². The first-order chi connectivity index (χ1) is 7.22. The fourth-order valence-electron chi connectivity index (χ4n) is 2.11. The fraction of sp³-hybridized carbons (Fsp3) is 0.909. The van der Waals surface area contributed by atoms with Crippen LogP contribution in [0, 0.1) is 0 Å². The van der Waals surface area contributed by atoms with Crippen molar-refractivity contribution >= 4 is 5.91 Å². The minimum Gasteiger partial charge on any atom is -0.381 e. The zero-order valence-corrected chi connectivity index (χ0v) is 9.50. The number of nitrogens with two attached hydrogens (primary N) is 1. The lowest BCUT2D eigenvalue weighted by molar-refractivity contribution is -0.118. The van der Waals surface area contributed by atoms with Gasteiger partial charge in [-0.25, -0.2) is 0 Å². The third-order valence-electron chi connectivity index (χ3n) is 2.99. The first kappa shape index (κ1) is 12.5. The predicted molar refractivity (Wildman–Crippen MR) is 59.5 cm³/mol. The molecule has 1 aliphatic rings. The second-order valence-electron chi connectivity index (χ2n) is 4.25. The summed E-state index contributed by atoms with van der Waals surface area (Å²) in [5, 5.41) is 3.45. The summed E-state index contributed by atoms with van der Waals surface area (Å²) in [4.78, 5) is 10.5. The number of hydrogen-bond acceptors (Lipinski definition) is 3. The zero-order valence-electron chi connectivity index (χ0n) is 9.50. The maximum Gasteiger partial charge on any atom is 0.217 e. The van der Waals surface area contributed by atoms with Crippen LogP contribution >= 0.6 is 0 Å². The molecule has 0 aliphatic heterocycles. The van der Waals surface area contributed by atoms with Crippen LogP contribution in [0.1, 0.15) is 38.5 Å². The van der Waals surface area contributed by atoms with Crippen LogP contribution < -0.4 is 11.1 Å². The summed E-state index contributed by atoms with van der Waals surface area (Å²) in [5.74, 6) is -0.213. The summed E-state index contributed by atoms with van der Waals surface area (Å²) in [6, 6.07) is 0.552. The molecule has 0 heterocycles. The van der Waals surface area contributed by atoms with Gasteiger partial charge < -0.3 is 15.8 Å². The largest absolute Gasteiger partial charge is 0.381 e. The van der Waals surface area contributed by atoms with Crippen molar-refractivity contribution in [2.75, 3.05) is 13.7 Å². The molecular formula is C11H22N2O2. The number of methoxy groups -OCH3 is 1. The summed E-state index contributed by atoms with van der Waals surface area (Å²) in [6.07, 6.45) is 6.44. The molecule has 4 nitrogen and oxygen atoms in total. The van der Waals surface area contributed by atoms with Crippen LogP contribution in [-0.2, 0) is 9.53 Å². The maximum absolute atomic E-state index is 10.5. The molecule has 88 valence electrons. The molecule has 2 unspecified atom stereocenters. The van der Waals surface area contributed by atoms with Crippen molar-refractivity contribution in [1.29, 1.82) is 0 Å². The highest BCUT2D eigenvalue weighted by Gasteiger charge is 2.20. The van der Waals surface area contributed by atoms with Gasteiger partial charge in [0.2, 0.25) is 5.91 Å². The van der Waals surface area contributed by atoms with Crippen LogP contribution in [0.5, 0.6) is 0 Å². The van der Waals surface area contributed by atoms with Gasteiger partial charge in [-0.05, 0) is 38.6 Å². The Bertz CT molecular complexity index is 197. The second-order valence-corrected chi connectivity index (χ2v) is 4.25. The quantitative estimate of drug-likeness (QED) is 0.643. The average Bonchev–Trinajstić information content (AvgIpc) is 2.24. The Morgan fingerprint density at radius 1 is 1.53 bits per heavy atom. The third-order valence-corrected chi connectivity index (χ3v) is 2.99. The molecular weight excluding hydrogens is 192 g/mol. The topological polar surface area (TPSA) is 64.3 Å². The Labute approximate surface area is 91.5 Å². The van der Waals surface area contributed by atoms with Gasteiger partial charge in [-0.15, -0.1) is 0 Å². The lowest BCUT2D eigenvalue weighted by atomic mass is 9.93. The van der Waals surface area contributed by atoms with E-state index in [4.69, 9.17) is 10.5 Å². The van der Waals surface area contributed by atoms with E-state index in [0.717, 1.165) is 19.4 Å². The number of nitrogens with one attached hydrogen (secondary N) is 1. The molecule has 0 radical (unpaired) electrons. The molecule has 1 saturated carbocycles. The average molecular weight is 214 g/mol. The molecule has 0 aromatic rings. The minimum absolute atomic E-state index is 0.213. The van der Waals surface area contributed by atoms with Crippen LogP contribution in [0.3, 0.4) is 0 Å². The number of carbonyl (C=O) groups is 1. The Morgan fingerprint density at radius 3 is 3.00 bits per heavy atom. The molecule has 1 rings (SSSR count). The monoisotopic (exact) mass is 214 g/mol. The van der Waals surface area contributed by atoms with Crippen molar-refractivity contribution in [3.63, 3.8) is 0 Å². The van der Waals surface area contributed by atoms with Gasteiger partial charge in [-0.2, -0.15) is 0 Å². The molecule has 1 fully saturated rings. The molecule has 1 amide bonds. The molecule has 0 aromatic carbocycles. The molecule has 0 aromatic heterocycles. The lowest BCUT2D eigenvalue weighted by Crippen LogP contribution is -2.37. The van der Waals surface area contributed by atoms with E-state index < -0.39 is 0 Å². The second kappa shape index (κ2) is 6.80. The van der Waals surface area contributed by atoms with E-state index in [1.807, 2.05) is 0 Å². The smallest absolute Gasteiger partial charge is 0.217 e. The van der Waals surface area contributed by atoms with Gasteiger partial charge >= 0.3 is 0 Å². The number of rotatable bonds is 6. The van der Waals surface area contributed by atoms with E-state index in [1.54, 1.807) is 7.11 Å². The summed E-state index contributed by atoms with van der Waals surface area (Å²) >= 11 is 0. The molecule has 0 spiro atoms. The number of primary amides is 1. The van der Waals surface area contributed by atoms with Crippen LogP contribution in [0.25, 0.3) is 0 Å². The van der Waals surface area contributed by atoms with Gasteiger partial charge in [0.1, 0.15) is 0 Å². The van der Waals surface area contributed by atoms with E-state index in [9.17, 15) is 4.79 Å². The predicted octanol–water partition coefficient (Wildman–Crippen LogP) is 0.799. The van der Waals surface area contributed by atoms with E-state index >= 15 is 0 Å². The van der Waals surface area contributed by atoms with Crippen molar-refractivity contribution in [2.24, 2.45) is 5.73 Å².